The molecule has 0 saturated heterocycles. The van der Waals surface area contributed by atoms with Crippen LogP contribution in [-0.4, -0.2) is 8.92 Å². The molecule has 0 fully saturated rings. The molecule has 0 amide bonds. The molecule has 0 aliphatic heterocycles. The average Bonchev–Trinajstić information content (AvgIpc) is 2.99. The Bertz CT molecular complexity index is 673. The van der Waals surface area contributed by atoms with Crippen molar-refractivity contribution in [1.82, 2.24) is 0 Å². The minimum Gasteiger partial charge on any atom is -1.00 e. The summed E-state index contributed by atoms with van der Waals surface area (Å²) in [5.74, 6) is 0.307. The predicted molar refractivity (Wildman–Crippen MR) is 96.1 cm³/mol. The first-order valence-corrected chi connectivity index (χ1v) is 8.37. The van der Waals surface area contributed by atoms with Gasteiger partial charge in [-0.05, 0) is 23.3 Å². The maximum atomic E-state index is 9.27. The molecule has 3 rings (SSSR count). The maximum absolute atomic E-state index is 9.27. The van der Waals surface area contributed by atoms with Crippen molar-refractivity contribution in [2.45, 2.75) is 27.2 Å². The minimum absolute atomic E-state index is 0. The van der Waals surface area contributed by atoms with E-state index in [2.05, 4.69) is 59.0 Å². The molecule has 1 N–H and O–H groups in total. The van der Waals surface area contributed by atoms with Gasteiger partial charge < -0.3 is 29.9 Å². The van der Waals surface area contributed by atoms with Gasteiger partial charge in [-0.15, -0.1) is 6.42 Å². The molecule has 4 heteroatoms. The molecule has 0 heterocycles. The Balaban J connectivity index is 0. The van der Waals surface area contributed by atoms with E-state index in [0.29, 0.717) is 5.75 Å². The number of allylic oxidation sites excluding steroid dienone is 4. The van der Waals surface area contributed by atoms with Crippen molar-refractivity contribution in [2.75, 3.05) is 0 Å². The summed E-state index contributed by atoms with van der Waals surface area (Å²) in [6.45, 7) is 6.23. The third-order valence-corrected chi connectivity index (χ3v) is 2.82. The van der Waals surface area contributed by atoms with Gasteiger partial charge in [0.15, 0.2) is 0 Å². The second-order valence-electron chi connectivity index (χ2n) is 5.38. The van der Waals surface area contributed by atoms with Gasteiger partial charge in [0.05, 0.1) is 0 Å². The van der Waals surface area contributed by atoms with E-state index in [1.165, 1.54) is 9.38 Å². The van der Waals surface area contributed by atoms with Crippen LogP contribution < -0.4 is 24.8 Å². The van der Waals surface area contributed by atoms with E-state index >= 15 is 0 Å². The molecule has 1 aliphatic carbocycles. The van der Waals surface area contributed by atoms with Gasteiger partial charge in [0.2, 0.25) is 0 Å². The number of benzene rings is 2. The first-order valence-electron chi connectivity index (χ1n) is 7.59. The van der Waals surface area contributed by atoms with E-state index in [0.717, 1.165) is 17.5 Å². The van der Waals surface area contributed by atoms with E-state index < -0.39 is 0 Å². The van der Waals surface area contributed by atoms with Crippen LogP contribution in [0.5, 0.6) is 5.75 Å². The van der Waals surface area contributed by atoms with Crippen LogP contribution in [0, 0.1) is 6.08 Å². The van der Waals surface area contributed by atoms with Crippen molar-refractivity contribution < 1.29 is 49.9 Å². The van der Waals surface area contributed by atoms with E-state index in [9.17, 15) is 5.11 Å². The molecule has 1 nitrogen and oxygen atoms in total. The number of rotatable bonds is 1. The largest absolute Gasteiger partial charge is 1.00 e. The normalized spacial score (nSPS) is 10.7. The molecule has 2 aromatic rings. The summed E-state index contributed by atoms with van der Waals surface area (Å²) in [6, 6.07) is 17.3. The zero-order valence-electron chi connectivity index (χ0n) is 14.8. The topological polar surface area (TPSA) is 20.2 Å². The van der Waals surface area contributed by atoms with Crippen molar-refractivity contribution in [3.05, 3.63) is 78.4 Å². The fraction of sp³-hybridized carbons (Fsp3) is 0.190. The number of hydrogen-bond donors (Lipinski definition) is 1. The van der Waals surface area contributed by atoms with Gasteiger partial charge in [-0.1, -0.05) is 49.4 Å². The Morgan fingerprint density at radius 3 is 1.92 bits per heavy atom. The molecular formula is C21H23Cl2OTi-2. The van der Waals surface area contributed by atoms with Crippen molar-refractivity contribution in [3.8, 4) is 16.9 Å². The Morgan fingerprint density at radius 2 is 1.52 bits per heavy atom. The molecule has 2 aromatic carbocycles. The summed E-state index contributed by atoms with van der Waals surface area (Å²) in [5.41, 5.74) is 3.44. The Labute approximate surface area is 175 Å². The Hall–Kier alpha value is -1.12. The molecule has 0 spiro atoms. The van der Waals surface area contributed by atoms with Gasteiger partial charge in [-0.25, -0.2) is 11.6 Å². The molecule has 0 radical (unpaired) electrons. The third-order valence-electron chi connectivity index (χ3n) is 2.82. The van der Waals surface area contributed by atoms with E-state index in [1.54, 1.807) is 12.1 Å². The van der Waals surface area contributed by atoms with Crippen LogP contribution in [0.2, 0.25) is 0 Å². The summed E-state index contributed by atoms with van der Waals surface area (Å²) in [6.07, 6.45) is 8.33. The van der Waals surface area contributed by atoms with Crippen LogP contribution >= 0.6 is 0 Å². The number of hydrogen-bond acceptors (Lipinski definition) is 1. The molecule has 0 atom stereocenters. The van der Waals surface area contributed by atoms with Gasteiger partial charge in [0.1, 0.15) is 5.75 Å². The molecular weight excluding hydrogens is 387 g/mol. The molecule has 0 bridgehead atoms. The van der Waals surface area contributed by atoms with Crippen molar-refractivity contribution in [3.63, 3.8) is 0 Å². The van der Waals surface area contributed by atoms with E-state index in [4.69, 9.17) is 0 Å². The van der Waals surface area contributed by atoms with Gasteiger partial charge >= 0.3 is 37.6 Å². The molecule has 0 unspecified atom stereocenters. The molecule has 0 saturated carbocycles. The Morgan fingerprint density at radius 1 is 0.960 bits per heavy atom. The van der Waals surface area contributed by atoms with Crippen molar-refractivity contribution in [2.24, 2.45) is 0 Å². The first-order chi connectivity index (χ1) is 11.0. The monoisotopic (exact) mass is 409 g/mol. The van der Waals surface area contributed by atoms with E-state index in [1.807, 2.05) is 42.5 Å². The van der Waals surface area contributed by atoms with Crippen LogP contribution in [-0.2, 0) is 20.0 Å². The second-order valence-corrected chi connectivity index (χ2v) is 6.94. The van der Waals surface area contributed by atoms with Crippen molar-refractivity contribution in [1.29, 1.82) is 0 Å². The van der Waals surface area contributed by atoms with Gasteiger partial charge in [-0.3, -0.25) is 6.08 Å². The molecule has 0 aromatic heterocycles. The zero-order chi connectivity index (χ0) is 17.1. The van der Waals surface area contributed by atoms with Crippen LogP contribution in [0.3, 0.4) is 0 Å². The SMILES string of the molecule is CC1=[C-]CC=C1.C[C](C)=[Ti+].Oc1cccc(-c2ccccc2)c1.[Cl-].[Cl-]. The smallest absolute Gasteiger partial charge is 0.116 e. The van der Waals surface area contributed by atoms with Crippen LogP contribution in [0.25, 0.3) is 11.1 Å². The summed E-state index contributed by atoms with van der Waals surface area (Å²) < 4.78 is 1.42. The zero-order valence-corrected chi connectivity index (χ0v) is 17.8. The first kappa shape index (κ1) is 26.1. The van der Waals surface area contributed by atoms with Crippen molar-refractivity contribution >= 4 is 3.81 Å². The summed E-state index contributed by atoms with van der Waals surface area (Å²) in [5, 5.41) is 9.27. The average molecular weight is 410 g/mol. The van der Waals surface area contributed by atoms with Gasteiger partial charge in [0, 0.05) is 0 Å². The molecule has 1 aliphatic rings. The summed E-state index contributed by atoms with van der Waals surface area (Å²) in [7, 11) is 0. The Kier molecular flexibility index (Phi) is 15.8. The number of phenolic OH excluding ortho intramolecular Hbond substituents is 1. The standard InChI is InChI=1S/C12H10O.C6H7.C3H6.2ClH.Ti/c13-12-8-4-7-11(9-12)10-5-2-1-3-6-10;1-6-4-2-3-5-6;1-3-2;;;/h1-9,13H;2,4H,3H2,1H3;1-2H3;2*1H;/q;-1;;;;+1/p-2. The fourth-order valence-corrected chi connectivity index (χ4v) is 1.83. The number of halogens is 2. The molecule has 25 heavy (non-hydrogen) atoms. The minimum atomic E-state index is 0. The fourth-order valence-electron chi connectivity index (χ4n) is 1.83. The third kappa shape index (κ3) is 12.8. The quantitative estimate of drug-likeness (QED) is 0.497. The van der Waals surface area contributed by atoms with Gasteiger partial charge in [0.25, 0.3) is 0 Å². The summed E-state index contributed by atoms with van der Waals surface area (Å²) >= 11 is 2.08. The number of aromatic hydroxyl groups is 1. The predicted octanol–water partition coefficient (Wildman–Crippen LogP) is -0.492. The van der Waals surface area contributed by atoms with E-state index in [-0.39, 0.29) is 24.8 Å². The molecule has 133 valence electrons. The summed E-state index contributed by atoms with van der Waals surface area (Å²) in [4.78, 5) is 0. The maximum Gasteiger partial charge on any atom is 0.116 e. The van der Waals surface area contributed by atoms with Crippen LogP contribution in [0.4, 0.5) is 0 Å². The number of phenols is 1. The van der Waals surface area contributed by atoms with Crippen LogP contribution in [0.1, 0.15) is 27.2 Å². The van der Waals surface area contributed by atoms with Gasteiger partial charge in [-0.2, -0.15) is 6.08 Å². The van der Waals surface area contributed by atoms with Crippen LogP contribution in [0.15, 0.2) is 72.3 Å². The second kappa shape index (κ2) is 15.2.